The lowest BCUT2D eigenvalue weighted by Crippen LogP contribution is -1.96. The lowest BCUT2D eigenvalue weighted by molar-refractivity contribution is 1.07. The van der Waals surface area contributed by atoms with E-state index in [4.69, 9.17) is 0 Å². The van der Waals surface area contributed by atoms with E-state index >= 15 is 0 Å². The number of hydrazone groups is 1. The SMILES string of the molecule is CCc1[nH]c2ccccc2c1C=NNc1ncnc2sc(C)cc12. The molecule has 0 saturated carbocycles. The van der Waals surface area contributed by atoms with Crippen LogP contribution >= 0.6 is 11.3 Å². The number of aromatic nitrogens is 3. The van der Waals surface area contributed by atoms with Crippen molar-refractivity contribution in [2.75, 3.05) is 5.43 Å². The van der Waals surface area contributed by atoms with E-state index in [1.54, 1.807) is 17.7 Å². The summed E-state index contributed by atoms with van der Waals surface area (Å²) in [4.78, 5) is 14.2. The second-order valence-corrected chi connectivity index (χ2v) is 6.82. The van der Waals surface area contributed by atoms with Gasteiger partial charge in [-0.05, 0) is 25.5 Å². The average molecular weight is 335 g/mol. The molecule has 6 heteroatoms. The van der Waals surface area contributed by atoms with Crippen molar-refractivity contribution in [1.29, 1.82) is 0 Å². The van der Waals surface area contributed by atoms with Crippen LogP contribution in [0.3, 0.4) is 0 Å². The van der Waals surface area contributed by atoms with Crippen molar-refractivity contribution in [2.45, 2.75) is 20.3 Å². The van der Waals surface area contributed by atoms with Crippen molar-refractivity contribution >= 4 is 44.5 Å². The van der Waals surface area contributed by atoms with Gasteiger partial charge in [0.15, 0.2) is 5.82 Å². The number of nitrogens with zero attached hydrogens (tertiary/aromatic N) is 3. The number of rotatable bonds is 4. The minimum absolute atomic E-state index is 0.735. The monoisotopic (exact) mass is 335 g/mol. The third-order valence-corrected chi connectivity index (χ3v) is 4.96. The number of hydrogen-bond donors (Lipinski definition) is 2. The van der Waals surface area contributed by atoms with Crippen molar-refractivity contribution in [3.63, 3.8) is 0 Å². The summed E-state index contributed by atoms with van der Waals surface area (Å²) in [5.41, 5.74) is 6.50. The van der Waals surface area contributed by atoms with E-state index in [1.165, 1.54) is 16.0 Å². The fourth-order valence-electron chi connectivity index (χ4n) is 2.87. The predicted molar refractivity (Wildman–Crippen MR) is 101 cm³/mol. The number of hydrogen-bond acceptors (Lipinski definition) is 5. The van der Waals surface area contributed by atoms with Gasteiger partial charge in [-0.2, -0.15) is 5.10 Å². The number of nitrogens with one attached hydrogen (secondary N) is 2. The van der Waals surface area contributed by atoms with Gasteiger partial charge in [0.25, 0.3) is 0 Å². The van der Waals surface area contributed by atoms with Gasteiger partial charge in [-0.3, -0.25) is 5.43 Å². The largest absolute Gasteiger partial charge is 0.358 e. The van der Waals surface area contributed by atoms with E-state index < -0.39 is 0 Å². The third kappa shape index (κ3) is 2.55. The van der Waals surface area contributed by atoms with E-state index in [9.17, 15) is 0 Å². The highest BCUT2D eigenvalue weighted by molar-refractivity contribution is 7.18. The Hall–Kier alpha value is -2.73. The van der Waals surface area contributed by atoms with Crippen molar-refractivity contribution in [2.24, 2.45) is 5.10 Å². The minimum atomic E-state index is 0.735. The van der Waals surface area contributed by atoms with Crippen LogP contribution in [0, 0.1) is 6.92 Å². The normalized spacial score (nSPS) is 11.8. The fourth-order valence-corrected chi connectivity index (χ4v) is 3.72. The van der Waals surface area contributed by atoms with Crippen LogP contribution in [0.25, 0.3) is 21.1 Å². The summed E-state index contributed by atoms with van der Waals surface area (Å²) in [5.74, 6) is 0.735. The van der Waals surface area contributed by atoms with Crippen LogP contribution in [0.2, 0.25) is 0 Å². The number of fused-ring (bicyclic) bond motifs is 2. The van der Waals surface area contributed by atoms with Gasteiger partial charge in [-0.1, -0.05) is 25.1 Å². The van der Waals surface area contributed by atoms with Gasteiger partial charge in [0, 0.05) is 27.0 Å². The van der Waals surface area contributed by atoms with Crippen molar-refractivity contribution in [3.05, 3.63) is 52.8 Å². The highest BCUT2D eigenvalue weighted by atomic mass is 32.1. The molecule has 0 spiro atoms. The topological polar surface area (TPSA) is 66.0 Å². The first-order chi connectivity index (χ1) is 11.8. The molecule has 0 aliphatic rings. The molecule has 0 unspecified atom stereocenters. The fraction of sp³-hybridized carbons (Fsp3) is 0.167. The number of anilines is 1. The molecule has 0 bridgehead atoms. The number of para-hydroxylation sites is 1. The molecular weight excluding hydrogens is 318 g/mol. The van der Waals surface area contributed by atoms with Crippen LogP contribution in [-0.4, -0.2) is 21.2 Å². The van der Waals surface area contributed by atoms with E-state index in [2.05, 4.69) is 57.5 Å². The van der Waals surface area contributed by atoms with E-state index in [0.717, 1.165) is 33.5 Å². The van der Waals surface area contributed by atoms with Gasteiger partial charge in [0.05, 0.1) is 11.6 Å². The van der Waals surface area contributed by atoms with Crippen LogP contribution in [0.1, 0.15) is 23.1 Å². The summed E-state index contributed by atoms with van der Waals surface area (Å²) >= 11 is 1.66. The Morgan fingerprint density at radius 3 is 3.00 bits per heavy atom. The first-order valence-corrected chi connectivity index (χ1v) is 8.67. The van der Waals surface area contributed by atoms with Crippen LogP contribution in [0.15, 0.2) is 41.8 Å². The van der Waals surface area contributed by atoms with E-state index in [1.807, 2.05) is 18.3 Å². The van der Waals surface area contributed by atoms with Crippen molar-refractivity contribution in [3.8, 4) is 0 Å². The number of aromatic amines is 1. The zero-order chi connectivity index (χ0) is 16.5. The Bertz CT molecular complexity index is 1040. The summed E-state index contributed by atoms with van der Waals surface area (Å²) in [6.07, 6.45) is 4.36. The van der Waals surface area contributed by atoms with E-state index in [-0.39, 0.29) is 0 Å². The maximum Gasteiger partial charge on any atom is 0.158 e. The quantitative estimate of drug-likeness (QED) is 0.426. The number of benzene rings is 1. The van der Waals surface area contributed by atoms with Crippen LogP contribution in [-0.2, 0) is 6.42 Å². The molecule has 0 atom stereocenters. The molecule has 3 aromatic heterocycles. The van der Waals surface area contributed by atoms with Crippen LogP contribution in [0.4, 0.5) is 5.82 Å². The van der Waals surface area contributed by atoms with Gasteiger partial charge in [-0.15, -0.1) is 11.3 Å². The van der Waals surface area contributed by atoms with Crippen molar-refractivity contribution in [1.82, 2.24) is 15.0 Å². The molecule has 0 fully saturated rings. The third-order valence-electron chi connectivity index (χ3n) is 4.00. The Balaban J connectivity index is 1.68. The summed E-state index contributed by atoms with van der Waals surface area (Å²) in [6.45, 7) is 4.20. The molecule has 4 aromatic rings. The number of H-pyrrole nitrogens is 1. The molecule has 0 saturated heterocycles. The van der Waals surface area contributed by atoms with Crippen molar-refractivity contribution < 1.29 is 0 Å². The average Bonchev–Trinajstić information content (AvgIpc) is 3.15. The second-order valence-electron chi connectivity index (χ2n) is 5.58. The standard InChI is InChI=1S/C18H17N5S/c1-3-15-14(12-6-4-5-7-16(12)22-15)9-21-23-17-13-8-11(2)24-18(13)20-10-19-17/h4-10,22H,3H2,1-2H3,(H,19,20,23). The molecule has 4 rings (SSSR count). The summed E-state index contributed by atoms with van der Waals surface area (Å²) in [7, 11) is 0. The molecule has 24 heavy (non-hydrogen) atoms. The van der Waals surface area contributed by atoms with Gasteiger partial charge in [0.1, 0.15) is 11.2 Å². The molecule has 3 heterocycles. The molecule has 2 N–H and O–H groups in total. The molecule has 0 aliphatic heterocycles. The predicted octanol–water partition coefficient (Wildman–Crippen LogP) is 4.49. The molecule has 1 aromatic carbocycles. The molecule has 5 nitrogen and oxygen atoms in total. The van der Waals surface area contributed by atoms with Gasteiger partial charge in [-0.25, -0.2) is 9.97 Å². The van der Waals surface area contributed by atoms with Gasteiger partial charge < -0.3 is 4.98 Å². The van der Waals surface area contributed by atoms with Gasteiger partial charge >= 0.3 is 0 Å². The second kappa shape index (κ2) is 6.05. The summed E-state index contributed by atoms with van der Waals surface area (Å²) in [5, 5.41) is 6.61. The Kier molecular flexibility index (Phi) is 3.74. The Morgan fingerprint density at radius 1 is 1.25 bits per heavy atom. The highest BCUT2D eigenvalue weighted by Gasteiger charge is 2.08. The molecule has 0 aliphatic carbocycles. The van der Waals surface area contributed by atoms with Crippen LogP contribution < -0.4 is 5.43 Å². The molecule has 120 valence electrons. The molecule has 0 amide bonds. The molecular formula is C18H17N5S. The van der Waals surface area contributed by atoms with Gasteiger partial charge in [0.2, 0.25) is 0 Å². The summed E-state index contributed by atoms with van der Waals surface area (Å²) < 4.78 is 0. The number of aryl methyl sites for hydroxylation is 2. The Morgan fingerprint density at radius 2 is 2.12 bits per heavy atom. The zero-order valence-electron chi connectivity index (χ0n) is 13.5. The molecule has 0 radical (unpaired) electrons. The summed E-state index contributed by atoms with van der Waals surface area (Å²) in [6, 6.07) is 10.4. The maximum atomic E-state index is 4.42. The smallest absolute Gasteiger partial charge is 0.158 e. The minimum Gasteiger partial charge on any atom is -0.358 e. The number of thiophene rings is 1. The first kappa shape index (κ1) is 14.8. The van der Waals surface area contributed by atoms with E-state index in [0.29, 0.717) is 0 Å². The maximum absolute atomic E-state index is 4.42. The zero-order valence-corrected chi connectivity index (χ0v) is 14.3. The lowest BCUT2D eigenvalue weighted by Gasteiger charge is -2.00. The van der Waals surface area contributed by atoms with Crippen LogP contribution in [0.5, 0.6) is 0 Å². The highest BCUT2D eigenvalue weighted by Crippen LogP contribution is 2.27. The Labute approximate surface area is 143 Å². The lowest BCUT2D eigenvalue weighted by atomic mass is 10.1. The first-order valence-electron chi connectivity index (χ1n) is 7.86.